The molecule has 0 radical (unpaired) electrons. The fourth-order valence-corrected chi connectivity index (χ4v) is 5.02. The van der Waals surface area contributed by atoms with E-state index in [-0.39, 0.29) is 17.2 Å². The molecule has 2 aliphatic heterocycles. The van der Waals surface area contributed by atoms with Crippen LogP contribution in [-0.2, 0) is 33.0 Å². The molecule has 3 heterocycles. The fourth-order valence-electron chi connectivity index (χ4n) is 5.02. The molecule has 0 saturated carbocycles. The van der Waals surface area contributed by atoms with E-state index in [2.05, 4.69) is 21.4 Å². The second-order valence-electron chi connectivity index (χ2n) is 10.9. The molecule has 2 aromatic carbocycles. The number of fused-ring (bicyclic) bond motifs is 2. The molecular formula is C30H29F11N4O6. The van der Waals surface area contributed by atoms with Gasteiger partial charge in [0.25, 0.3) is 0 Å². The summed E-state index contributed by atoms with van der Waals surface area (Å²) in [5.74, 6) is -7.59. The highest BCUT2D eigenvalue weighted by molar-refractivity contribution is 5.73. The maximum absolute atomic E-state index is 13.8. The van der Waals surface area contributed by atoms with Gasteiger partial charge in [0.05, 0.1) is 17.4 Å². The molecular weight excluding hydrogens is 721 g/mol. The van der Waals surface area contributed by atoms with Gasteiger partial charge in [-0.3, -0.25) is 9.80 Å². The Morgan fingerprint density at radius 2 is 1.20 bits per heavy atom. The molecule has 5 rings (SSSR count). The van der Waals surface area contributed by atoms with Crippen molar-refractivity contribution in [3.05, 3.63) is 77.8 Å². The van der Waals surface area contributed by atoms with Gasteiger partial charge >= 0.3 is 36.4 Å². The van der Waals surface area contributed by atoms with Crippen molar-refractivity contribution in [2.45, 2.75) is 50.0 Å². The van der Waals surface area contributed by atoms with Crippen molar-refractivity contribution in [3.63, 3.8) is 0 Å². The number of nitrogens with zero attached hydrogens (tertiary/aromatic N) is 4. The highest BCUT2D eigenvalue weighted by atomic mass is 19.4. The number of piperidine rings is 1. The highest BCUT2D eigenvalue weighted by Crippen LogP contribution is 2.41. The Bertz CT molecular complexity index is 1580. The number of alkyl halides is 9. The van der Waals surface area contributed by atoms with Crippen LogP contribution in [0.1, 0.15) is 24.2 Å². The summed E-state index contributed by atoms with van der Waals surface area (Å²) < 4.78 is 124. The lowest BCUT2D eigenvalue weighted by Gasteiger charge is -2.49. The van der Waals surface area contributed by atoms with Crippen LogP contribution in [0, 0.1) is 11.6 Å². The average Bonchev–Trinajstić information content (AvgIpc) is 3.46. The molecule has 1 saturated heterocycles. The van der Waals surface area contributed by atoms with E-state index in [9.17, 15) is 48.3 Å². The van der Waals surface area contributed by atoms with Crippen molar-refractivity contribution in [3.8, 4) is 11.3 Å². The molecule has 2 aliphatic rings. The quantitative estimate of drug-likeness (QED) is 0.269. The first kappa shape index (κ1) is 42.4. The summed E-state index contributed by atoms with van der Waals surface area (Å²) in [6, 6.07) is 13.5. The van der Waals surface area contributed by atoms with Crippen LogP contribution in [0.4, 0.5) is 48.3 Å². The zero-order chi connectivity index (χ0) is 38.9. The summed E-state index contributed by atoms with van der Waals surface area (Å²) in [6.07, 6.45) is -11.4. The molecule has 0 aliphatic carbocycles. The van der Waals surface area contributed by atoms with Crippen LogP contribution in [0.2, 0.25) is 0 Å². The number of likely N-dealkylation sites (N-methyl/N-ethyl adjacent to an activating group) is 1. The lowest BCUT2D eigenvalue weighted by molar-refractivity contribution is -0.193. The van der Waals surface area contributed by atoms with Gasteiger partial charge < -0.3 is 19.9 Å². The molecule has 21 heteroatoms. The number of halogens is 11. The van der Waals surface area contributed by atoms with E-state index < -0.39 is 36.4 Å². The van der Waals surface area contributed by atoms with Gasteiger partial charge in [0.2, 0.25) is 0 Å². The van der Waals surface area contributed by atoms with E-state index in [1.165, 1.54) is 18.2 Å². The standard InChI is InChI=1S/C24H26F2N4.3C2HF3O2/c1-28-13-14-30-22(19-3-2-4-21(26)15-19)16-27-23(30)24(28)9-11-29(12-10-24)17-18-5-7-20(25)8-6-18;3*3-2(4,5)1(6)7/h2-8,15-16H,9-14,17H2,1H3;3*(H,6,7). The van der Waals surface area contributed by atoms with E-state index in [4.69, 9.17) is 34.7 Å². The van der Waals surface area contributed by atoms with Crippen LogP contribution in [0.25, 0.3) is 11.3 Å². The SMILES string of the molecule is CN1CCn2c(-c3cccc(F)c3)cnc2C12CCN(Cc1ccc(F)cc1)CC2.O=C(O)C(F)(F)F.O=C(O)C(F)(F)F.O=C(O)C(F)(F)F. The number of likely N-dealkylation sites (tertiary alicyclic amines) is 1. The lowest BCUT2D eigenvalue weighted by atomic mass is 9.83. The van der Waals surface area contributed by atoms with Gasteiger partial charge in [0.15, 0.2) is 0 Å². The number of rotatable bonds is 3. The third-order valence-corrected chi connectivity index (χ3v) is 7.51. The Morgan fingerprint density at radius 3 is 1.63 bits per heavy atom. The van der Waals surface area contributed by atoms with E-state index in [1.54, 1.807) is 12.1 Å². The van der Waals surface area contributed by atoms with Crippen molar-refractivity contribution in [2.75, 3.05) is 26.7 Å². The second-order valence-corrected chi connectivity index (χ2v) is 10.9. The highest BCUT2D eigenvalue weighted by Gasteiger charge is 2.46. The van der Waals surface area contributed by atoms with E-state index in [0.717, 1.165) is 68.2 Å². The first-order chi connectivity index (χ1) is 23.4. The Kier molecular flexibility index (Phi) is 14.1. The predicted molar refractivity (Wildman–Crippen MR) is 154 cm³/mol. The maximum Gasteiger partial charge on any atom is 0.490 e. The van der Waals surface area contributed by atoms with E-state index >= 15 is 0 Å². The smallest absolute Gasteiger partial charge is 0.475 e. The molecule has 3 aromatic rings. The van der Waals surface area contributed by atoms with Gasteiger partial charge in [0, 0.05) is 38.3 Å². The summed E-state index contributed by atoms with van der Waals surface area (Å²) in [7, 11) is 2.19. The molecule has 10 nitrogen and oxygen atoms in total. The van der Waals surface area contributed by atoms with Crippen molar-refractivity contribution in [1.82, 2.24) is 19.4 Å². The van der Waals surface area contributed by atoms with Gasteiger partial charge in [-0.2, -0.15) is 39.5 Å². The number of carboxylic acid groups (broad SMARTS) is 3. The summed E-state index contributed by atoms with van der Waals surface area (Å²) in [5, 5.41) is 21.4. The van der Waals surface area contributed by atoms with Gasteiger partial charge in [0.1, 0.15) is 17.5 Å². The fraction of sp³-hybridized carbons (Fsp3) is 0.400. The van der Waals surface area contributed by atoms with Crippen molar-refractivity contribution in [2.24, 2.45) is 0 Å². The lowest BCUT2D eigenvalue weighted by Crippen LogP contribution is -2.56. The summed E-state index contributed by atoms with van der Waals surface area (Å²) in [4.78, 5) is 36.4. The normalized spacial score (nSPS) is 15.9. The molecule has 51 heavy (non-hydrogen) atoms. The van der Waals surface area contributed by atoms with Crippen LogP contribution >= 0.6 is 0 Å². The number of carboxylic acids is 3. The number of benzene rings is 2. The topological polar surface area (TPSA) is 136 Å². The average molecular weight is 751 g/mol. The number of carbonyl (C=O) groups is 3. The van der Waals surface area contributed by atoms with Crippen molar-refractivity contribution >= 4 is 17.9 Å². The molecule has 282 valence electrons. The molecule has 0 atom stereocenters. The van der Waals surface area contributed by atoms with Crippen molar-refractivity contribution in [1.29, 1.82) is 0 Å². The molecule has 1 aromatic heterocycles. The minimum absolute atomic E-state index is 0.0941. The Labute approximate surface area is 281 Å². The Morgan fingerprint density at radius 1 is 0.725 bits per heavy atom. The number of hydrogen-bond donors (Lipinski definition) is 3. The number of imidazole rings is 1. The Balaban J connectivity index is 0.000000352. The van der Waals surface area contributed by atoms with Crippen LogP contribution < -0.4 is 0 Å². The molecule has 1 spiro atoms. The zero-order valence-corrected chi connectivity index (χ0v) is 26.2. The van der Waals surface area contributed by atoms with E-state index in [0.29, 0.717) is 0 Å². The summed E-state index contributed by atoms with van der Waals surface area (Å²) in [5.41, 5.74) is 2.91. The minimum Gasteiger partial charge on any atom is -0.475 e. The third-order valence-electron chi connectivity index (χ3n) is 7.51. The van der Waals surface area contributed by atoms with E-state index in [1.807, 2.05) is 24.4 Å². The summed E-state index contributed by atoms with van der Waals surface area (Å²) >= 11 is 0. The number of aliphatic carboxylic acids is 3. The molecule has 0 bridgehead atoms. The van der Waals surface area contributed by atoms with Crippen LogP contribution in [-0.4, -0.2) is 97.8 Å². The van der Waals surface area contributed by atoms with Crippen molar-refractivity contribution < 1.29 is 78.0 Å². The minimum atomic E-state index is -5.08. The number of hydrogen-bond acceptors (Lipinski definition) is 6. The molecule has 3 N–H and O–H groups in total. The number of aromatic nitrogens is 2. The Hall–Kier alpha value is -4.79. The van der Waals surface area contributed by atoms with Gasteiger partial charge in [-0.05, 0) is 49.7 Å². The first-order valence-corrected chi connectivity index (χ1v) is 14.3. The van der Waals surface area contributed by atoms with Gasteiger partial charge in [-0.25, -0.2) is 28.1 Å². The van der Waals surface area contributed by atoms with Crippen LogP contribution in [0.3, 0.4) is 0 Å². The second kappa shape index (κ2) is 16.9. The largest absolute Gasteiger partial charge is 0.490 e. The molecule has 0 amide bonds. The van der Waals surface area contributed by atoms with Gasteiger partial charge in [-0.1, -0.05) is 24.3 Å². The molecule has 1 fully saturated rings. The predicted octanol–water partition coefficient (Wildman–Crippen LogP) is 6.16. The van der Waals surface area contributed by atoms with Crippen LogP contribution in [0.15, 0.2) is 54.7 Å². The van der Waals surface area contributed by atoms with Gasteiger partial charge in [-0.15, -0.1) is 0 Å². The summed E-state index contributed by atoms with van der Waals surface area (Å²) in [6.45, 7) is 4.57. The first-order valence-electron chi connectivity index (χ1n) is 14.3. The van der Waals surface area contributed by atoms with Crippen LogP contribution in [0.5, 0.6) is 0 Å². The monoisotopic (exact) mass is 750 g/mol. The zero-order valence-electron chi connectivity index (χ0n) is 26.2. The molecule has 0 unspecified atom stereocenters. The maximum atomic E-state index is 13.8. The third kappa shape index (κ3) is 12.2.